The molecule has 0 saturated carbocycles. The Balaban J connectivity index is 1.74. The summed E-state index contributed by atoms with van der Waals surface area (Å²) >= 11 is 1.73. The third-order valence-electron chi connectivity index (χ3n) is 3.73. The van der Waals surface area contributed by atoms with Crippen LogP contribution in [0.15, 0.2) is 17.8 Å². The van der Waals surface area contributed by atoms with Crippen molar-refractivity contribution in [3.8, 4) is 0 Å². The van der Waals surface area contributed by atoms with E-state index >= 15 is 0 Å². The Hall–Kier alpha value is -1.24. The van der Waals surface area contributed by atoms with Crippen LogP contribution in [0.5, 0.6) is 0 Å². The van der Waals surface area contributed by atoms with Crippen molar-refractivity contribution < 1.29 is 4.74 Å². The highest BCUT2D eigenvalue weighted by Gasteiger charge is 2.27. The van der Waals surface area contributed by atoms with E-state index in [1.54, 1.807) is 11.3 Å². The molecule has 0 N–H and O–H groups in total. The topological polar surface area (TPSA) is 43.2 Å². The van der Waals surface area contributed by atoms with E-state index in [2.05, 4.69) is 40.4 Å². The standard InChI is InChI=1S/C15H22N4OS/c1-11(2)19-8-13(6-16-19)7-18-4-5-20-9-14(18)15-17-12(3)10-21-15/h6,8,10-11,14H,4-5,7,9H2,1-3H3/t14-/m1/s1. The molecule has 5 nitrogen and oxygen atoms in total. The van der Waals surface area contributed by atoms with Gasteiger partial charge in [0.2, 0.25) is 0 Å². The van der Waals surface area contributed by atoms with Gasteiger partial charge in [0.15, 0.2) is 0 Å². The van der Waals surface area contributed by atoms with Crippen LogP contribution in [0.1, 0.15) is 42.2 Å². The molecular weight excluding hydrogens is 284 g/mol. The van der Waals surface area contributed by atoms with Crippen LogP contribution in [-0.2, 0) is 11.3 Å². The van der Waals surface area contributed by atoms with Gasteiger partial charge in [-0.1, -0.05) is 0 Å². The maximum Gasteiger partial charge on any atom is 0.112 e. The Bertz CT molecular complexity index is 592. The van der Waals surface area contributed by atoms with Crippen LogP contribution < -0.4 is 0 Å². The Morgan fingerprint density at radius 2 is 2.33 bits per heavy atom. The molecule has 0 bridgehead atoms. The number of thiazole rings is 1. The minimum absolute atomic E-state index is 0.264. The van der Waals surface area contributed by atoms with Gasteiger partial charge in [-0.25, -0.2) is 4.98 Å². The Kier molecular flexibility index (Phi) is 4.37. The summed E-state index contributed by atoms with van der Waals surface area (Å²) in [7, 11) is 0. The van der Waals surface area contributed by atoms with E-state index in [1.165, 1.54) is 5.56 Å². The number of aryl methyl sites for hydroxylation is 1. The minimum atomic E-state index is 0.264. The molecule has 2 aromatic heterocycles. The predicted molar refractivity (Wildman–Crippen MR) is 83.4 cm³/mol. The van der Waals surface area contributed by atoms with E-state index in [4.69, 9.17) is 4.74 Å². The molecule has 3 heterocycles. The molecule has 1 aliphatic heterocycles. The number of hydrogen-bond acceptors (Lipinski definition) is 5. The van der Waals surface area contributed by atoms with Gasteiger partial charge in [0.05, 0.1) is 25.5 Å². The van der Waals surface area contributed by atoms with Gasteiger partial charge in [-0.2, -0.15) is 5.10 Å². The first kappa shape index (κ1) is 14.7. The number of nitrogens with zero attached hydrogens (tertiary/aromatic N) is 4. The van der Waals surface area contributed by atoms with E-state index in [0.717, 1.165) is 37.0 Å². The summed E-state index contributed by atoms with van der Waals surface area (Å²) in [6.07, 6.45) is 4.11. The average molecular weight is 306 g/mol. The fourth-order valence-corrected chi connectivity index (χ4v) is 3.47. The molecule has 21 heavy (non-hydrogen) atoms. The number of ether oxygens (including phenoxy) is 1. The summed E-state index contributed by atoms with van der Waals surface area (Å²) in [6, 6.07) is 0.667. The van der Waals surface area contributed by atoms with Gasteiger partial charge in [-0.05, 0) is 20.8 Å². The lowest BCUT2D eigenvalue weighted by atomic mass is 10.2. The van der Waals surface area contributed by atoms with Crippen molar-refractivity contribution in [1.82, 2.24) is 19.7 Å². The van der Waals surface area contributed by atoms with Crippen LogP contribution in [0.3, 0.4) is 0 Å². The molecule has 1 fully saturated rings. The molecule has 1 atom stereocenters. The van der Waals surface area contributed by atoms with Crippen molar-refractivity contribution in [2.75, 3.05) is 19.8 Å². The zero-order valence-corrected chi connectivity index (χ0v) is 13.6. The van der Waals surface area contributed by atoms with E-state index in [0.29, 0.717) is 6.04 Å². The summed E-state index contributed by atoms with van der Waals surface area (Å²) in [5, 5.41) is 7.69. The highest BCUT2D eigenvalue weighted by Crippen LogP contribution is 2.28. The third-order valence-corrected chi connectivity index (χ3v) is 4.79. The second-order valence-electron chi connectivity index (χ2n) is 5.81. The first-order valence-corrected chi connectivity index (χ1v) is 8.28. The SMILES string of the molecule is Cc1csc([C@H]2COCCN2Cc2cnn(C(C)C)c2)n1. The summed E-state index contributed by atoms with van der Waals surface area (Å²) < 4.78 is 7.67. The summed E-state index contributed by atoms with van der Waals surface area (Å²) in [6.45, 7) is 9.69. The van der Waals surface area contributed by atoms with Crippen molar-refractivity contribution >= 4 is 11.3 Å². The maximum atomic E-state index is 5.66. The van der Waals surface area contributed by atoms with Crippen LogP contribution in [0.4, 0.5) is 0 Å². The number of hydrogen-bond donors (Lipinski definition) is 0. The normalized spacial score (nSPS) is 20.3. The molecule has 114 valence electrons. The zero-order chi connectivity index (χ0) is 14.8. The molecule has 0 spiro atoms. The molecule has 0 amide bonds. The van der Waals surface area contributed by atoms with Gasteiger partial charge in [0, 0.05) is 42.0 Å². The van der Waals surface area contributed by atoms with Crippen molar-refractivity contribution in [2.24, 2.45) is 0 Å². The second kappa shape index (κ2) is 6.25. The lowest BCUT2D eigenvalue weighted by molar-refractivity contribution is -0.0128. The molecule has 0 unspecified atom stereocenters. The van der Waals surface area contributed by atoms with Crippen molar-refractivity contribution in [2.45, 2.75) is 39.4 Å². The largest absolute Gasteiger partial charge is 0.378 e. The van der Waals surface area contributed by atoms with Gasteiger partial charge in [0.25, 0.3) is 0 Å². The molecule has 2 aromatic rings. The fourth-order valence-electron chi connectivity index (χ4n) is 2.56. The van der Waals surface area contributed by atoms with E-state index in [9.17, 15) is 0 Å². The van der Waals surface area contributed by atoms with E-state index in [-0.39, 0.29) is 6.04 Å². The predicted octanol–water partition coefficient (Wildman–Crippen LogP) is 2.80. The lowest BCUT2D eigenvalue weighted by Gasteiger charge is -2.34. The van der Waals surface area contributed by atoms with Gasteiger partial charge >= 0.3 is 0 Å². The second-order valence-corrected chi connectivity index (χ2v) is 6.70. The zero-order valence-electron chi connectivity index (χ0n) is 12.8. The smallest absolute Gasteiger partial charge is 0.112 e. The molecule has 0 aromatic carbocycles. The van der Waals surface area contributed by atoms with E-state index in [1.807, 2.05) is 17.8 Å². The van der Waals surface area contributed by atoms with Gasteiger partial charge in [0.1, 0.15) is 5.01 Å². The third kappa shape index (κ3) is 3.33. The van der Waals surface area contributed by atoms with Crippen molar-refractivity contribution in [3.63, 3.8) is 0 Å². The Morgan fingerprint density at radius 1 is 1.48 bits per heavy atom. The van der Waals surface area contributed by atoms with E-state index < -0.39 is 0 Å². The van der Waals surface area contributed by atoms with Crippen molar-refractivity contribution in [3.05, 3.63) is 34.0 Å². The van der Waals surface area contributed by atoms with Crippen LogP contribution in [-0.4, -0.2) is 39.4 Å². The molecule has 3 rings (SSSR count). The first-order valence-electron chi connectivity index (χ1n) is 7.40. The summed E-state index contributed by atoms with van der Waals surface area (Å²) in [5.74, 6) is 0. The molecule has 1 aliphatic rings. The number of aromatic nitrogens is 3. The fraction of sp³-hybridized carbons (Fsp3) is 0.600. The van der Waals surface area contributed by atoms with Crippen molar-refractivity contribution in [1.29, 1.82) is 0 Å². The van der Waals surface area contributed by atoms with Crippen LogP contribution in [0.2, 0.25) is 0 Å². The highest BCUT2D eigenvalue weighted by molar-refractivity contribution is 7.09. The summed E-state index contributed by atoms with van der Waals surface area (Å²) in [5.41, 5.74) is 2.34. The Labute approximate surface area is 129 Å². The number of morpholine rings is 1. The highest BCUT2D eigenvalue weighted by atomic mass is 32.1. The van der Waals surface area contributed by atoms with Crippen LogP contribution in [0, 0.1) is 6.92 Å². The van der Waals surface area contributed by atoms with Gasteiger partial charge in [-0.15, -0.1) is 11.3 Å². The molecule has 0 radical (unpaired) electrons. The molecular formula is C15H22N4OS. The monoisotopic (exact) mass is 306 g/mol. The summed E-state index contributed by atoms with van der Waals surface area (Å²) in [4.78, 5) is 7.08. The molecule has 1 saturated heterocycles. The van der Waals surface area contributed by atoms with Gasteiger partial charge < -0.3 is 4.74 Å². The number of rotatable bonds is 4. The minimum Gasteiger partial charge on any atom is -0.378 e. The Morgan fingerprint density at radius 3 is 3.00 bits per heavy atom. The quantitative estimate of drug-likeness (QED) is 0.871. The lowest BCUT2D eigenvalue weighted by Crippen LogP contribution is -2.38. The van der Waals surface area contributed by atoms with Crippen LogP contribution >= 0.6 is 11.3 Å². The maximum absolute atomic E-state index is 5.66. The average Bonchev–Trinajstić information content (AvgIpc) is 3.09. The molecule has 0 aliphatic carbocycles. The van der Waals surface area contributed by atoms with Crippen LogP contribution in [0.25, 0.3) is 0 Å². The first-order chi connectivity index (χ1) is 10.1. The molecule has 6 heteroatoms. The van der Waals surface area contributed by atoms with Gasteiger partial charge in [-0.3, -0.25) is 9.58 Å².